The highest BCUT2D eigenvalue weighted by molar-refractivity contribution is 6.14. The summed E-state index contributed by atoms with van der Waals surface area (Å²) in [7, 11) is 0. The molecule has 1 saturated heterocycles. The Morgan fingerprint density at radius 2 is 2.07 bits per heavy atom. The molecule has 9 nitrogen and oxygen atoms in total. The molecular weight excluding hydrogens is 390 g/mol. The van der Waals surface area contributed by atoms with Crippen LogP contribution in [0.2, 0.25) is 0 Å². The highest BCUT2D eigenvalue weighted by Crippen LogP contribution is 2.39. The van der Waals surface area contributed by atoms with E-state index in [0.717, 1.165) is 0 Å². The van der Waals surface area contributed by atoms with Crippen LogP contribution in [0.4, 0.5) is 0 Å². The van der Waals surface area contributed by atoms with Crippen LogP contribution >= 0.6 is 0 Å². The van der Waals surface area contributed by atoms with E-state index in [1.54, 1.807) is 18.2 Å². The number of carbonyl (C=O) groups excluding carboxylic acids is 5. The monoisotopic (exact) mass is 413 g/mol. The van der Waals surface area contributed by atoms with Crippen molar-refractivity contribution in [1.82, 2.24) is 15.5 Å². The van der Waals surface area contributed by atoms with E-state index in [0.29, 0.717) is 30.6 Å². The number of ether oxygens (including phenoxy) is 1. The number of imide groups is 1. The van der Waals surface area contributed by atoms with Crippen LogP contribution in [-0.2, 0) is 19.2 Å². The maximum absolute atomic E-state index is 13.1. The molecule has 0 radical (unpaired) electrons. The van der Waals surface area contributed by atoms with E-state index in [1.165, 1.54) is 11.8 Å². The summed E-state index contributed by atoms with van der Waals surface area (Å²) >= 11 is 0. The molecule has 2 aliphatic rings. The number of piperidine rings is 1. The molecule has 9 heteroatoms. The maximum Gasteiger partial charge on any atom is 0.263 e. The number of Topliss-reactive ketones (excluding diaryl/α,β-unsaturated/α-hetero) is 1. The van der Waals surface area contributed by atoms with Crippen LogP contribution in [0, 0.1) is 0 Å². The number of rotatable bonds is 8. The number of fused-ring (bicyclic) bond motifs is 1. The van der Waals surface area contributed by atoms with Gasteiger partial charge < -0.3 is 14.8 Å². The molecule has 2 aliphatic heterocycles. The van der Waals surface area contributed by atoms with Gasteiger partial charge in [-0.3, -0.25) is 29.4 Å². The predicted octanol–water partition coefficient (Wildman–Crippen LogP) is 0.782. The minimum atomic E-state index is -0.826. The van der Waals surface area contributed by atoms with Crippen molar-refractivity contribution < 1.29 is 28.7 Å². The molecule has 158 valence electrons. The summed E-state index contributed by atoms with van der Waals surface area (Å²) in [6.45, 7) is 5.48. The zero-order chi connectivity index (χ0) is 21.8. The van der Waals surface area contributed by atoms with Crippen LogP contribution < -0.4 is 15.4 Å². The molecule has 4 amide bonds. The van der Waals surface area contributed by atoms with Gasteiger partial charge >= 0.3 is 0 Å². The lowest BCUT2D eigenvalue weighted by atomic mass is 10.0. The van der Waals surface area contributed by atoms with Gasteiger partial charge in [0, 0.05) is 30.6 Å². The van der Waals surface area contributed by atoms with Gasteiger partial charge in [0.15, 0.2) is 6.61 Å². The third-order valence-corrected chi connectivity index (χ3v) is 4.97. The Morgan fingerprint density at radius 1 is 1.30 bits per heavy atom. The van der Waals surface area contributed by atoms with Gasteiger partial charge in [-0.15, -0.1) is 0 Å². The van der Waals surface area contributed by atoms with E-state index in [-0.39, 0.29) is 48.4 Å². The quantitative estimate of drug-likeness (QED) is 0.480. The molecule has 1 fully saturated rings. The van der Waals surface area contributed by atoms with Gasteiger partial charge in [-0.1, -0.05) is 18.7 Å². The van der Waals surface area contributed by atoms with Crippen LogP contribution in [0.25, 0.3) is 5.70 Å². The molecule has 2 N–H and O–H groups in total. The Kier molecular flexibility index (Phi) is 6.29. The molecule has 0 spiro atoms. The van der Waals surface area contributed by atoms with E-state index in [9.17, 15) is 24.0 Å². The summed E-state index contributed by atoms with van der Waals surface area (Å²) in [4.78, 5) is 60.9. The second-order valence-electron chi connectivity index (χ2n) is 7.21. The first-order valence-corrected chi connectivity index (χ1v) is 9.68. The van der Waals surface area contributed by atoms with Gasteiger partial charge in [0.2, 0.25) is 11.8 Å². The van der Waals surface area contributed by atoms with E-state index >= 15 is 0 Å². The summed E-state index contributed by atoms with van der Waals surface area (Å²) in [5.74, 6) is -1.47. The Morgan fingerprint density at radius 3 is 2.77 bits per heavy atom. The molecule has 0 saturated carbocycles. The highest BCUT2D eigenvalue weighted by Gasteiger charge is 2.42. The lowest BCUT2D eigenvalue weighted by molar-refractivity contribution is -0.136. The summed E-state index contributed by atoms with van der Waals surface area (Å²) in [5, 5.41) is 4.89. The second-order valence-corrected chi connectivity index (χ2v) is 7.21. The van der Waals surface area contributed by atoms with Gasteiger partial charge in [-0.05, 0) is 25.8 Å². The molecule has 30 heavy (non-hydrogen) atoms. The molecule has 1 unspecified atom stereocenters. The van der Waals surface area contributed by atoms with Crippen molar-refractivity contribution in [2.75, 3.05) is 13.2 Å². The van der Waals surface area contributed by atoms with E-state index < -0.39 is 17.9 Å². The van der Waals surface area contributed by atoms with Gasteiger partial charge in [-0.25, -0.2) is 0 Å². The van der Waals surface area contributed by atoms with Gasteiger partial charge in [0.25, 0.3) is 11.8 Å². The van der Waals surface area contributed by atoms with Crippen molar-refractivity contribution in [3.63, 3.8) is 0 Å². The van der Waals surface area contributed by atoms with Crippen molar-refractivity contribution in [2.45, 2.75) is 38.6 Å². The van der Waals surface area contributed by atoms with Crippen molar-refractivity contribution >= 4 is 35.1 Å². The fraction of sp³-hybridized carbons (Fsp3) is 0.381. The molecular formula is C21H23N3O6. The molecule has 0 aliphatic carbocycles. The Hall–Kier alpha value is -3.49. The van der Waals surface area contributed by atoms with E-state index in [1.807, 2.05) is 0 Å². The topological polar surface area (TPSA) is 122 Å². The number of ketones is 1. The van der Waals surface area contributed by atoms with Crippen molar-refractivity contribution in [1.29, 1.82) is 0 Å². The Bertz CT molecular complexity index is 939. The summed E-state index contributed by atoms with van der Waals surface area (Å²) in [6, 6.07) is 4.11. The van der Waals surface area contributed by atoms with Crippen LogP contribution in [0.1, 0.15) is 48.5 Å². The number of hydrogen-bond acceptors (Lipinski definition) is 6. The van der Waals surface area contributed by atoms with Crippen LogP contribution in [0.15, 0.2) is 24.8 Å². The first-order chi connectivity index (χ1) is 14.3. The number of amides is 4. The average Bonchev–Trinajstić information content (AvgIpc) is 2.95. The molecule has 1 atom stereocenters. The third-order valence-electron chi connectivity index (χ3n) is 4.97. The van der Waals surface area contributed by atoms with E-state index in [4.69, 9.17) is 4.74 Å². The first-order valence-electron chi connectivity index (χ1n) is 9.68. The largest absolute Gasteiger partial charge is 0.483 e. The standard InChI is InChI=1S/C21H23N3O6/c1-12(25)5-4-10-22-18(27)11-30-16-7-3-6-14-13(2)24(21(29)19(14)16)15-8-9-17(26)23-20(15)28/h3,6-7,15H,2,4-5,8-11H2,1H3,(H,22,27)(H,23,26,28). The summed E-state index contributed by atoms with van der Waals surface area (Å²) < 4.78 is 5.56. The van der Waals surface area contributed by atoms with Crippen LogP contribution in [0.3, 0.4) is 0 Å². The van der Waals surface area contributed by atoms with Crippen LogP contribution in [0.5, 0.6) is 5.75 Å². The van der Waals surface area contributed by atoms with Gasteiger partial charge in [-0.2, -0.15) is 0 Å². The minimum Gasteiger partial charge on any atom is -0.483 e. The molecule has 3 rings (SSSR count). The average molecular weight is 413 g/mol. The Balaban J connectivity index is 1.68. The van der Waals surface area contributed by atoms with Crippen molar-refractivity contribution in [2.24, 2.45) is 0 Å². The summed E-state index contributed by atoms with van der Waals surface area (Å²) in [5.41, 5.74) is 1.10. The number of nitrogens with one attached hydrogen (secondary N) is 2. The van der Waals surface area contributed by atoms with Crippen molar-refractivity contribution in [3.8, 4) is 5.75 Å². The van der Waals surface area contributed by atoms with Crippen molar-refractivity contribution in [3.05, 3.63) is 35.9 Å². The zero-order valence-electron chi connectivity index (χ0n) is 16.7. The number of hydrogen-bond donors (Lipinski definition) is 2. The molecule has 1 aromatic rings. The molecule has 0 aromatic heterocycles. The second kappa shape index (κ2) is 8.89. The predicted molar refractivity (Wildman–Crippen MR) is 106 cm³/mol. The smallest absolute Gasteiger partial charge is 0.263 e. The zero-order valence-corrected chi connectivity index (χ0v) is 16.7. The minimum absolute atomic E-state index is 0.0552. The van der Waals surface area contributed by atoms with Crippen LogP contribution in [-0.4, -0.2) is 53.5 Å². The lowest BCUT2D eigenvalue weighted by Crippen LogP contribution is -2.52. The Labute approximate surface area is 173 Å². The summed E-state index contributed by atoms with van der Waals surface area (Å²) in [6.07, 6.45) is 1.28. The number of carbonyl (C=O) groups is 5. The first kappa shape index (κ1) is 21.2. The SMILES string of the molecule is C=C1c2cccc(OCC(=O)NCCCC(C)=O)c2C(=O)N1C1CCC(=O)NC1=O. The fourth-order valence-electron chi connectivity index (χ4n) is 3.50. The van der Waals surface area contributed by atoms with E-state index in [2.05, 4.69) is 17.2 Å². The molecule has 1 aromatic carbocycles. The fourth-order valence-corrected chi connectivity index (χ4v) is 3.50. The molecule has 0 bridgehead atoms. The number of nitrogens with zero attached hydrogens (tertiary/aromatic N) is 1. The number of benzene rings is 1. The normalized spacial score (nSPS) is 18.2. The molecule has 2 heterocycles. The lowest BCUT2D eigenvalue weighted by Gasteiger charge is -2.30. The van der Waals surface area contributed by atoms with Gasteiger partial charge in [0.1, 0.15) is 17.6 Å². The maximum atomic E-state index is 13.1. The third kappa shape index (κ3) is 4.40. The van der Waals surface area contributed by atoms with Gasteiger partial charge in [0.05, 0.1) is 5.56 Å². The highest BCUT2D eigenvalue weighted by atomic mass is 16.5.